The first-order chi connectivity index (χ1) is 10.7. The van der Waals surface area contributed by atoms with Gasteiger partial charge in [-0.2, -0.15) is 0 Å². The summed E-state index contributed by atoms with van der Waals surface area (Å²) < 4.78 is 2.04. The zero-order chi connectivity index (χ0) is 15.4. The summed E-state index contributed by atoms with van der Waals surface area (Å²) in [6.45, 7) is 5.94. The van der Waals surface area contributed by atoms with E-state index in [1.54, 1.807) is 34.9 Å². The second kappa shape index (κ2) is 7.31. The lowest BCUT2D eigenvalue weighted by Gasteiger charge is -2.04. The molecule has 0 fully saturated rings. The summed E-state index contributed by atoms with van der Waals surface area (Å²) in [4.78, 5) is 0. The molecule has 1 heterocycles. The van der Waals surface area contributed by atoms with Crippen LogP contribution in [0.4, 0.5) is 0 Å². The van der Waals surface area contributed by atoms with E-state index in [1.165, 1.54) is 16.3 Å². The molecule has 22 heavy (non-hydrogen) atoms. The second-order valence-corrected chi connectivity index (χ2v) is 8.43. The first kappa shape index (κ1) is 15.6. The minimum absolute atomic E-state index is 0.905. The zero-order valence-corrected chi connectivity index (χ0v) is 14.7. The lowest BCUT2D eigenvalue weighted by Crippen LogP contribution is -1.83. The van der Waals surface area contributed by atoms with Gasteiger partial charge in [0.15, 0.2) is 8.68 Å². The van der Waals surface area contributed by atoms with Crippen molar-refractivity contribution in [3.05, 3.63) is 60.2 Å². The maximum Gasteiger partial charge on any atom is 0.175 e. The Hall–Kier alpha value is -1.30. The summed E-state index contributed by atoms with van der Waals surface area (Å²) in [5, 5.41) is 11.1. The molecule has 0 saturated carbocycles. The summed E-state index contributed by atoms with van der Waals surface area (Å²) in [7, 11) is 0. The van der Waals surface area contributed by atoms with E-state index in [9.17, 15) is 0 Å². The van der Waals surface area contributed by atoms with Crippen LogP contribution >= 0.6 is 34.9 Å². The van der Waals surface area contributed by atoms with Gasteiger partial charge in [-0.1, -0.05) is 89.5 Å². The van der Waals surface area contributed by atoms with Crippen LogP contribution in [0.1, 0.15) is 12.5 Å². The number of hydrogen-bond donors (Lipinski definition) is 0. The molecule has 0 bridgehead atoms. The predicted molar refractivity (Wildman–Crippen MR) is 99.0 cm³/mol. The molecule has 0 aliphatic heterocycles. The van der Waals surface area contributed by atoms with E-state index < -0.39 is 0 Å². The number of thioether (sulfide) groups is 2. The topological polar surface area (TPSA) is 25.8 Å². The molecular weight excluding hydrogens is 328 g/mol. The zero-order valence-electron chi connectivity index (χ0n) is 12.3. The van der Waals surface area contributed by atoms with Gasteiger partial charge in [0, 0.05) is 11.5 Å². The molecule has 5 heteroatoms. The van der Waals surface area contributed by atoms with E-state index in [2.05, 4.69) is 59.2 Å². The number of nitrogens with zero attached hydrogens (tertiary/aromatic N) is 2. The molecule has 0 N–H and O–H groups in total. The standard InChI is InChI=1S/C17H16N2S3/c1-12(2)10-20-16-18-19-17(22-16)21-11-14-8-5-7-13-6-3-4-9-15(13)14/h3-9H,1,10-11H2,2H3. The highest BCUT2D eigenvalue weighted by Gasteiger charge is 2.07. The molecule has 1 aromatic heterocycles. The van der Waals surface area contributed by atoms with Crippen molar-refractivity contribution < 1.29 is 0 Å². The van der Waals surface area contributed by atoms with Crippen molar-refractivity contribution >= 4 is 45.6 Å². The fourth-order valence-corrected chi connectivity index (χ4v) is 4.92. The summed E-state index contributed by atoms with van der Waals surface area (Å²) in [5.41, 5.74) is 2.50. The van der Waals surface area contributed by atoms with E-state index in [0.717, 1.165) is 25.8 Å². The summed E-state index contributed by atoms with van der Waals surface area (Å²) >= 11 is 5.12. The Bertz CT molecular complexity index is 790. The molecule has 3 aromatic rings. The van der Waals surface area contributed by atoms with Gasteiger partial charge in [-0.05, 0) is 23.3 Å². The maximum atomic E-state index is 4.27. The molecule has 0 aliphatic rings. The minimum Gasteiger partial charge on any atom is -0.131 e. The lowest BCUT2D eigenvalue weighted by atomic mass is 10.1. The van der Waals surface area contributed by atoms with Gasteiger partial charge in [-0.15, -0.1) is 10.2 Å². The van der Waals surface area contributed by atoms with Crippen molar-refractivity contribution in [2.75, 3.05) is 5.75 Å². The summed E-state index contributed by atoms with van der Waals surface area (Å²) in [6.07, 6.45) is 0. The van der Waals surface area contributed by atoms with Crippen LogP contribution in [-0.2, 0) is 5.75 Å². The highest BCUT2D eigenvalue weighted by Crippen LogP contribution is 2.32. The Balaban J connectivity index is 1.68. The molecule has 2 nitrogen and oxygen atoms in total. The smallest absolute Gasteiger partial charge is 0.131 e. The van der Waals surface area contributed by atoms with E-state index >= 15 is 0 Å². The SMILES string of the molecule is C=C(C)CSc1nnc(SCc2cccc3ccccc23)s1. The quantitative estimate of drug-likeness (QED) is 0.426. The fourth-order valence-electron chi connectivity index (χ4n) is 2.06. The Morgan fingerprint density at radius 1 is 1.05 bits per heavy atom. The molecule has 2 aromatic carbocycles. The Morgan fingerprint density at radius 2 is 1.77 bits per heavy atom. The van der Waals surface area contributed by atoms with Crippen molar-refractivity contribution in [1.82, 2.24) is 10.2 Å². The molecule has 0 aliphatic carbocycles. The average Bonchev–Trinajstić information content (AvgIpc) is 2.99. The molecular formula is C17H16N2S3. The average molecular weight is 345 g/mol. The summed E-state index contributed by atoms with van der Waals surface area (Å²) in [6, 6.07) is 15.0. The van der Waals surface area contributed by atoms with Gasteiger partial charge in [0.2, 0.25) is 0 Å². The molecule has 0 spiro atoms. The molecule has 112 valence electrons. The van der Waals surface area contributed by atoms with E-state index in [0.29, 0.717) is 0 Å². The van der Waals surface area contributed by atoms with Crippen molar-refractivity contribution in [2.24, 2.45) is 0 Å². The third-order valence-electron chi connectivity index (χ3n) is 3.06. The van der Waals surface area contributed by atoms with Crippen LogP contribution in [0.3, 0.4) is 0 Å². The van der Waals surface area contributed by atoms with Crippen LogP contribution in [0.25, 0.3) is 10.8 Å². The Kier molecular flexibility index (Phi) is 5.18. The normalized spacial score (nSPS) is 11.0. The largest absolute Gasteiger partial charge is 0.175 e. The third kappa shape index (κ3) is 3.91. The molecule has 0 radical (unpaired) electrons. The number of fused-ring (bicyclic) bond motifs is 1. The number of hydrogen-bond acceptors (Lipinski definition) is 5. The summed E-state index contributed by atoms with van der Waals surface area (Å²) in [5.74, 6) is 1.82. The van der Waals surface area contributed by atoms with Gasteiger partial charge in [0.1, 0.15) is 0 Å². The van der Waals surface area contributed by atoms with E-state index in [1.807, 2.05) is 6.92 Å². The molecule has 3 rings (SSSR count). The van der Waals surface area contributed by atoms with Crippen LogP contribution in [0, 0.1) is 0 Å². The van der Waals surface area contributed by atoms with Gasteiger partial charge in [0.25, 0.3) is 0 Å². The molecule has 0 amide bonds. The number of benzene rings is 2. The van der Waals surface area contributed by atoms with Gasteiger partial charge in [-0.3, -0.25) is 0 Å². The monoisotopic (exact) mass is 344 g/mol. The van der Waals surface area contributed by atoms with E-state index in [-0.39, 0.29) is 0 Å². The van der Waals surface area contributed by atoms with Crippen LogP contribution in [-0.4, -0.2) is 16.0 Å². The minimum atomic E-state index is 0.905. The Morgan fingerprint density at radius 3 is 2.59 bits per heavy atom. The first-order valence-electron chi connectivity index (χ1n) is 6.92. The second-order valence-electron chi connectivity index (χ2n) is 5.01. The van der Waals surface area contributed by atoms with Crippen molar-refractivity contribution in [1.29, 1.82) is 0 Å². The van der Waals surface area contributed by atoms with Crippen LogP contribution in [0.2, 0.25) is 0 Å². The van der Waals surface area contributed by atoms with Gasteiger partial charge in [0.05, 0.1) is 0 Å². The molecule has 0 atom stereocenters. The fraction of sp³-hybridized carbons (Fsp3) is 0.176. The highest BCUT2D eigenvalue weighted by molar-refractivity contribution is 8.03. The molecule has 0 saturated heterocycles. The third-order valence-corrected chi connectivity index (χ3v) is 6.53. The van der Waals surface area contributed by atoms with E-state index in [4.69, 9.17) is 0 Å². The highest BCUT2D eigenvalue weighted by atomic mass is 32.2. The number of aromatic nitrogens is 2. The number of rotatable bonds is 6. The van der Waals surface area contributed by atoms with Crippen LogP contribution < -0.4 is 0 Å². The first-order valence-corrected chi connectivity index (χ1v) is 9.71. The van der Waals surface area contributed by atoms with Crippen molar-refractivity contribution in [2.45, 2.75) is 21.4 Å². The van der Waals surface area contributed by atoms with Gasteiger partial charge >= 0.3 is 0 Å². The van der Waals surface area contributed by atoms with Crippen molar-refractivity contribution in [3.63, 3.8) is 0 Å². The van der Waals surface area contributed by atoms with Crippen molar-refractivity contribution in [3.8, 4) is 0 Å². The predicted octanol–water partition coefficient (Wildman–Crippen LogP) is 5.65. The molecule has 0 unspecified atom stereocenters. The van der Waals surface area contributed by atoms with Crippen LogP contribution in [0.15, 0.2) is 63.3 Å². The maximum absolute atomic E-state index is 4.27. The van der Waals surface area contributed by atoms with Gasteiger partial charge < -0.3 is 0 Å². The van der Waals surface area contributed by atoms with Gasteiger partial charge in [-0.25, -0.2) is 0 Å². The lowest BCUT2D eigenvalue weighted by molar-refractivity contribution is 0.955. The van der Waals surface area contributed by atoms with Crippen LogP contribution in [0.5, 0.6) is 0 Å². The Labute approximate surface area is 143 Å².